The highest BCUT2D eigenvalue weighted by atomic mass is 15.3. The molecule has 0 radical (unpaired) electrons. The summed E-state index contributed by atoms with van der Waals surface area (Å²) < 4.78 is 2.21. The quantitative estimate of drug-likeness (QED) is 0.740. The Labute approximate surface area is 100 Å². The molecule has 1 unspecified atom stereocenters. The zero-order chi connectivity index (χ0) is 11.8. The lowest BCUT2D eigenvalue weighted by atomic mass is 10.2. The Morgan fingerprint density at radius 1 is 1.18 bits per heavy atom. The fraction of sp³-hybridized carbons (Fsp3) is 0.417. The third-order valence-corrected chi connectivity index (χ3v) is 3.43. The standard InChI is InChI=1S/C12H15N5/c1-9-11-14-15-12(10-3-5-13-6-4-10)17(11)8-7-16(9)2/h3-6,9H,7-8H2,1-2H3. The van der Waals surface area contributed by atoms with Gasteiger partial charge in [0.2, 0.25) is 0 Å². The highest BCUT2D eigenvalue weighted by Crippen LogP contribution is 2.26. The summed E-state index contributed by atoms with van der Waals surface area (Å²) in [6.45, 7) is 4.14. The molecule has 5 heteroatoms. The van der Waals surface area contributed by atoms with Crippen LogP contribution < -0.4 is 0 Å². The monoisotopic (exact) mass is 229 g/mol. The number of hydrogen-bond acceptors (Lipinski definition) is 4. The normalized spacial score (nSPS) is 20.2. The molecule has 0 saturated heterocycles. The molecule has 0 amide bonds. The first-order valence-corrected chi connectivity index (χ1v) is 5.81. The van der Waals surface area contributed by atoms with E-state index in [1.165, 1.54) is 0 Å². The molecule has 2 aromatic heterocycles. The molecule has 3 heterocycles. The van der Waals surface area contributed by atoms with Gasteiger partial charge in [-0.3, -0.25) is 9.88 Å². The molecule has 1 aliphatic heterocycles. The zero-order valence-electron chi connectivity index (χ0n) is 10.0. The van der Waals surface area contributed by atoms with E-state index in [1.807, 2.05) is 12.1 Å². The maximum atomic E-state index is 4.32. The molecule has 0 aliphatic carbocycles. The van der Waals surface area contributed by atoms with E-state index in [-0.39, 0.29) is 0 Å². The van der Waals surface area contributed by atoms with Gasteiger partial charge in [-0.15, -0.1) is 10.2 Å². The second-order valence-electron chi connectivity index (χ2n) is 4.43. The van der Waals surface area contributed by atoms with Gasteiger partial charge in [0, 0.05) is 31.0 Å². The first-order valence-electron chi connectivity index (χ1n) is 5.81. The Bertz CT molecular complexity index is 519. The summed E-state index contributed by atoms with van der Waals surface area (Å²) in [5.74, 6) is 1.99. The number of likely N-dealkylation sites (N-methyl/N-ethyl adjacent to an activating group) is 1. The van der Waals surface area contributed by atoms with Crippen molar-refractivity contribution >= 4 is 0 Å². The first-order chi connectivity index (χ1) is 8.27. The first kappa shape index (κ1) is 10.4. The second kappa shape index (κ2) is 3.92. The van der Waals surface area contributed by atoms with Gasteiger partial charge < -0.3 is 4.57 Å². The van der Waals surface area contributed by atoms with Crippen LogP contribution in [0.1, 0.15) is 18.8 Å². The lowest BCUT2D eigenvalue weighted by Crippen LogP contribution is -2.34. The molecule has 0 N–H and O–H groups in total. The molecule has 0 saturated carbocycles. The minimum absolute atomic E-state index is 0.326. The van der Waals surface area contributed by atoms with Gasteiger partial charge >= 0.3 is 0 Å². The molecule has 1 aliphatic rings. The van der Waals surface area contributed by atoms with Crippen LogP contribution in [0.15, 0.2) is 24.5 Å². The van der Waals surface area contributed by atoms with Crippen molar-refractivity contribution in [1.29, 1.82) is 0 Å². The van der Waals surface area contributed by atoms with Crippen LogP contribution >= 0.6 is 0 Å². The van der Waals surface area contributed by atoms with Gasteiger partial charge in [0.05, 0.1) is 6.04 Å². The smallest absolute Gasteiger partial charge is 0.164 e. The van der Waals surface area contributed by atoms with Crippen molar-refractivity contribution in [3.05, 3.63) is 30.4 Å². The van der Waals surface area contributed by atoms with Crippen LogP contribution in [0.25, 0.3) is 11.4 Å². The molecular formula is C12H15N5. The summed E-state index contributed by atoms with van der Waals surface area (Å²) in [7, 11) is 2.12. The Kier molecular flexibility index (Phi) is 2.40. The third kappa shape index (κ3) is 1.63. The fourth-order valence-corrected chi connectivity index (χ4v) is 2.21. The third-order valence-electron chi connectivity index (χ3n) is 3.43. The van der Waals surface area contributed by atoms with E-state index < -0.39 is 0 Å². The zero-order valence-corrected chi connectivity index (χ0v) is 10.0. The number of nitrogens with zero attached hydrogens (tertiary/aromatic N) is 5. The van der Waals surface area contributed by atoms with Crippen molar-refractivity contribution in [2.24, 2.45) is 0 Å². The molecule has 0 bridgehead atoms. The largest absolute Gasteiger partial charge is 0.308 e. The van der Waals surface area contributed by atoms with Crippen molar-refractivity contribution < 1.29 is 0 Å². The summed E-state index contributed by atoms with van der Waals surface area (Å²) >= 11 is 0. The van der Waals surface area contributed by atoms with Gasteiger partial charge in [-0.25, -0.2) is 0 Å². The Morgan fingerprint density at radius 2 is 1.94 bits per heavy atom. The van der Waals surface area contributed by atoms with Gasteiger partial charge in [0.25, 0.3) is 0 Å². The van der Waals surface area contributed by atoms with E-state index in [0.717, 1.165) is 30.3 Å². The topological polar surface area (TPSA) is 46.8 Å². The van der Waals surface area contributed by atoms with E-state index in [4.69, 9.17) is 0 Å². The molecule has 2 aromatic rings. The average molecular weight is 229 g/mol. The van der Waals surface area contributed by atoms with Gasteiger partial charge in [-0.1, -0.05) is 0 Å². The van der Waals surface area contributed by atoms with Gasteiger partial charge in [-0.2, -0.15) is 0 Å². The number of aromatic nitrogens is 4. The lowest BCUT2D eigenvalue weighted by Gasteiger charge is -2.30. The van der Waals surface area contributed by atoms with E-state index in [9.17, 15) is 0 Å². The average Bonchev–Trinajstić information content (AvgIpc) is 2.79. The highest BCUT2D eigenvalue weighted by Gasteiger charge is 2.25. The fourth-order valence-electron chi connectivity index (χ4n) is 2.21. The van der Waals surface area contributed by atoms with Gasteiger partial charge in [0.15, 0.2) is 5.82 Å². The van der Waals surface area contributed by atoms with E-state index >= 15 is 0 Å². The minimum atomic E-state index is 0.326. The number of pyridine rings is 1. The van der Waals surface area contributed by atoms with Crippen LogP contribution in [0.2, 0.25) is 0 Å². The van der Waals surface area contributed by atoms with Gasteiger partial charge in [-0.05, 0) is 26.1 Å². The molecular weight excluding hydrogens is 214 g/mol. The minimum Gasteiger partial charge on any atom is -0.308 e. The maximum Gasteiger partial charge on any atom is 0.164 e. The second-order valence-corrected chi connectivity index (χ2v) is 4.43. The van der Waals surface area contributed by atoms with Crippen molar-refractivity contribution in [3.63, 3.8) is 0 Å². The number of rotatable bonds is 1. The van der Waals surface area contributed by atoms with E-state index in [1.54, 1.807) is 12.4 Å². The van der Waals surface area contributed by atoms with Crippen LogP contribution in [-0.2, 0) is 6.54 Å². The molecule has 1 atom stereocenters. The summed E-state index contributed by atoms with van der Waals surface area (Å²) in [5.41, 5.74) is 1.08. The molecule has 3 rings (SSSR count). The van der Waals surface area contributed by atoms with Crippen LogP contribution in [0, 0.1) is 0 Å². The van der Waals surface area contributed by atoms with Crippen LogP contribution in [0.3, 0.4) is 0 Å². The highest BCUT2D eigenvalue weighted by molar-refractivity contribution is 5.54. The van der Waals surface area contributed by atoms with Crippen molar-refractivity contribution in [3.8, 4) is 11.4 Å². The van der Waals surface area contributed by atoms with Crippen molar-refractivity contribution in [2.45, 2.75) is 19.5 Å². The van der Waals surface area contributed by atoms with E-state index in [2.05, 4.69) is 38.6 Å². The molecule has 88 valence electrons. The Morgan fingerprint density at radius 3 is 2.71 bits per heavy atom. The van der Waals surface area contributed by atoms with E-state index in [0.29, 0.717) is 6.04 Å². The number of hydrogen-bond donors (Lipinski definition) is 0. The Hall–Kier alpha value is -1.75. The Balaban J connectivity index is 2.08. The maximum absolute atomic E-state index is 4.32. The lowest BCUT2D eigenvalue weighted by molar-refractivity contribution is 0.206. The number of fused-ring (bicyclic) bond motifs is 1. The molecule has 17 heavy (non-hydrogen) atoms. The molecule has 5 nitrogen and oxygen atoms in total. The van der Waals surface area contributed by atoms with Gasteiger partial charge in [0.1, 0.15) is 5.82 Å². The molecule has 0 aromatic carbocycles. The van der Waals surface area contributed by atoms with Crippen LogP contribution in [0.4, 0.5) is 0 Å². The summed E-state index contributed by atoms with van der Waals surface area (Å²) in [4.78, 5) is 6.32. The predicted molar refractivity (Wildman–Crippen MR) is 64.3 cm³/mol. The predicted octanol–water partition coefficient (Wildman–Crippen LogP) is 1.35. The van der Waals surface area contributed by atoms with Crippen molar-refractivity contribution in [2.75, 3.05) is 13.6 Å². The summed E-state index contributed by atoms with van der Waals surface area (Å²) in [5, 5.41) is 8.63. The molecule has 0 fully saturated rings. The molecule has 0 spiro atoms. The summed E-state index contributed by atoms with van der Waals surface area (Å²) in [6.07, 6.45) is 3.57. The summed E-state index contributed by atoms with van der Waals surface area (Å²) in [6, 6.07) is 4.27. The van der Waals surface area contributed by atoms with Crippen LogP contribution in [0.5, 0.6) is 0 Å². The van der Waals surface area contributed by atoms with Crippen molar-refractivity contribution in [1.82, 2.24) is 24.6 Å². The van der Waals surface area contributed by atoms with Crippen LogP contribution in [-0.4, -0.2) is 38.2 Å². The SMILES string of the molecule is CC1c2nnc(-c3ccncc3)n2CCN1C.